The highest BCUT2D eigenvalue weighted by atomic mass is 19.1. The summed E-state index contributed by atoms with van der Waals surface area (Å²) in [6.45, 7) is 2.05. The Kier molecular flexibility index (Phi) is 7.86. The molecule has 0 unspecified atom stereocenters. The fourth-order valence-corrected chi connectivity index (χ4v) is 3.93. The number of rotatable bonds is 9. The number of halogens is 1. The predicted octanol–water partition coefficient (Wildman–Crippen LogP) is 4.67. The summed E-state index contributed by atoms with van der Waals surface area (Å²) in [5.41, 5.74) is 2.18. The maximum Gasteiger partial charge on any atom is 0.329 e. The van der Waals surface area contributed by atoms with Crippen LogP contribution >= 0.6 is 0 Å². The number of hydrogen-bond acceptors (Lipinski definition) is 5. The molecule has 1 heterocycles. The van der Waals surface area contributed by atoms with Gasteiger partial charge in [0, 0.05) is 17.8 Å². The van der Waals surface area contributed by atoms with Crippen molar-refractivity contribution < 1.29 is 19.0 Å². The minimum absolute atomic E-state index is 0.00797. The molecule has 0 fully saturated rings. The number of methoxy groups -OCH3 is 1. The molecule has 3 aromatic carbocycles. The molecule has 1 aromatic heterocycles. The smallest absolute Gasteiger partial charge is 0.329 e. The first-order valence-corrected chi connectivity index (χ1v) is 11.8. The fraction of sp³-hybridized carbons (Fsp3) is 0.138. The molecule has 0 spiro atoms. The van der Waals surface area contributed by atoms with Crippen LogP contribution in [0, 0.1) is 18.2 Å². The molecule has 0 saturated carbocycles. The van der Waals surface area contributed by atoms with E-state index in [4.69, 9.17) is 10.1 Å². The van der Waals surface area contributed by atoms with Gasteiger partial charge in [0.2, 0.25) is 5.88 Å². The second kappa shape index (κ2) is 11.4. The van der Waals surface area contributed by atoms with E-state index in [1.54, 1.807) is 24.3 Å². The van der Waals surface area contributed by atoms with Gasteiger partial charge in [0.25, 0.3) is 5.91 Å². The van der Waals surface area contributed by atoms with Crippen molar-refractivity contribution in [2.75, 3.05) is 12.4 Å². The van der Waals surface area contributed by atoms with E-state index in [-0.39, 0.29) is 35.8 Å². The highest BCUT2D eigenvalue weighted by Crippen LogP contribution is 2.21. The fourth-order valence-electron chi connectivity index (χ4n) is 3.93. The SMILES string of the molecule is COc1ccc(NC(=O)C(=Cc2[nH]c(=O)n(Cc3cccc(C)c3)c2O)C(=N)Cc2ccc(F)cc2)cc1. The lowest BCUT2D eigenvalue weighted by Crippen LogP contribution is -2.21. The van der Waals surface area contributed by atoms with E-state index in [1.165, 1.54) is 37.5 Å². The quantitative estimate of drug-likeness (QED) is 0.192. The van der Waals surface area contributed by atoms with Crippen molar-refractivity contribution in [2.24, 2.45) is 0 Å². The third-order valence-corrected chi connectivity index (χ3v) is 5.91. The van der Waals surface area contributed by atoms with Gasteiger partial charge in [-0.25, -0.2) is 9.18 Å². The van der Waals surface area contributed by atoms with E-state index in [2.05, 4.69) is 10.3 Å². The van der Waals surface area contributed by atoms with E-state index in [0.717, 1.165) is 15.7 Å². The first kappa shape index (κ1) is 26.2. The van der Waals surface area contributed by atoms with E-state index in [9.17, 15) is 19.1 Å². The molecule has 0 saturated heterocycles. The second-order valence-corrected chi connectivity index (χ2v) is 8.77. The largest absolute Gasteiger partial charge is 0.497 e. The Labute approximate surface area is 218 Å². The summed E-state index contributed by atoms with van der Waals surface area (Å²) in [6.07, 6.45) is 1.30. The van der Waals surface area contributed by atoms with Gasteiger partial charge >= 0.3 is 5.69 Å². The lowest BCUT2D eigenvalue weighted by Gasteiger charge is -2.11. The summed E-state index contributed by atoms with van der Waals surface area (Å²) in [5, 5.41) is 22.2. The van der Waals surface area contributed by atoms with Gasteiger partial charge in [-0.05, 0) is 60.5 Å². The van der Waals surface area contributed by atoms with Crippen LogP contribution in [0.25, 0.3) is 6.08 Å². The Morgan fingerprint density at radius 3 is 2.47 bits per heavy atom. The number of aromatic nitrogens is 2. The molecule has 38 heavy (non-hydrogen) atoms. The number of amides is 1. The van der Waals surface area contributed by atoms with E-state index < -0.39 is 17.4 Å². The molecule has 0 aliphatic rings. The van der Waals surface area contributed by atoms with Crippen LogP contribution in [-0.2, 0) is 17.8 Å². The number of ether oxygens (including phenoxy) is 1. The van der Waals surface area contributed by atoms with Gasteiger partial charge in [0.1, 0.15) is 17.3 Å². The van der Waals surface area contributed by atoms with Crippen LogP contribution in [0.15, 0.2) is 83.2 Å². The number of carbonyl (C=O) groups excluding carboxylic acids is 1. The first-order valence-electron chi connectivity index (χ1n) is 11.8. The molecule has 194 valence electrons. The van der Waals surface area contributed by atoms with E-state index >= 15 is 0 Å². The minimum Gasteiger partial charge on any atom is -0.497 e. The molecule has 0 bridgehead atoms. The lowest BCUT2D eigenvalue weighted by atomic mass is 10.0. The molecule has 4 aromatic rings. The van der Waals surface area contributed by atoms with E-state index in [1.807, 2.05) is 31.2 Å². The van der Waals surface area contributed by atoms with Gasteiger partial charge in [-0.15, -0.1) is 0 Å². The number of H-pyrrole nitrogens is 1. The standard InChI is InChI=1S/C29H27FN4O4/c1-18-4-3-5-20(14-18)17-34-28(36)26(33-29(34)37)16-24(25(31)15-19-6-8-21(30)9-7-19)27(35)32-22-10-12-23(38-2)13-11-22/h3-14,16,31,36H,15,17H2,1-2H3,(H,32,35)(H,33,37). The predicted molar refractivity (Wildman–Crippen MR) is 144 cm³/mol. The number of hydrogen-bond donors (Lipinski definition) is 4. The molecule has 0 radical (unpaired) electrons. The summed E-state index contributed by atoms with van der Waals surface area (Å²) in [6, 6.07) is 19.8. The van der Waals surface area contributed by atoms with Crippen molar-refractivity contribution in [3.05, 3.63) is 117 Å². The van der Waals surface area contributed by atoms with Gasteiger partial charge < -0.3 is 25.6 Å². The Morgan fingerprint density at radius 2 is 1.82 bits per heavy atom. The summed E-state index contributed by atoms with van der Waals surface area (Å²) in [7, 11) is 1.53. The number of imidazole rings is 1. The molecule has 0 aliphatic carbocycles. The second-order valence-electron chi connectivity index (χ2n) is 8.77. The number of carbonyl (C=O) groups is 1. The van der Waals surface area contributed by atoms with Crippen LogP contribution < -0.4 is 15.7 Å². The monoisotopic (exact) mass is 514 g/mol. The molecule has 1 amide bonds. The highest BCUT2D eigenvalue weighted by molar-refractivity contribution is 6.27. The van der Waals surface area contributed by atoms with Gasteiger partial charge in [0.05, 0.1) is 19.2 Å². The zero-order valence-corrected chi connectivity index (χ0v) is 20.9. The molecular weight excluding hydrogens is 487 g/mol. The van der Waals surface area contributed by atoms with Crippen LogP contribution in [0.3, 0.4) is 0 Å². The number of anilines is 1. The third kappa shape index (κ3) is 6.25. The molecule has 4 N–H and O–H groups in total. The van der Waals surface area contributed by atoms with Gasteiger partial charge in [-0.3, -0.25) is 9.36 Å². The topological polar surface area (TPSA) is 120 Å². The molecule has 8 nitrogen and oxygen atoms in total. The first-order chi connectivity index (χ1) is 18.2. The zero-order valence-electron chi connectivity index (χ0n) is 20.9. The molecule has 0 aliphatic heterocycles. The summed E-state index contributed by atoms with van der Waals surface area (Å²) >= 11 is 0. The molecular formula is C29H27FN4O4. The Hall–Kier alpha value is -4.92. The van der Waals surface area contributed by atoms with E-state index in [0.29, 0.717) is 17.0 Å². The van der Waals surface area contributed by atoms with Crippen LogP contribution in [0.1, 0.15) is 22.4 Å². The van der Waals surface area contributed by atoms with Crippen LogP contribution in [0.5, 0.6) is 11.6 Å². The number of nitrogens with one attached hydrogen (secondary N) is 3. The maximum absolute atomic E-state index is 13.4. The van der Waals surface area contributed by atoms with Crippen LogP contribution in [0.2, 0.25) is 0 Å². The normalized spacial score (nSPS) is 11.3. The van der Waals surface area contributed by atoms with Crippen molar-refractivity contribution in [2.45, 2.75) is 19.9 Å². The van der Waals surface area contributed by atoms with Crippen LogP contribution in [0.4, 0.5) is 10.1 Å². The van der Waals surface area contributed by atoms with Gasteiger partial charge in [-0.1, -0.05) is 42.0 Å². The molecule has 9 heteroatoms. The Bertz CT molecular complexity index is 1550. The minimum atomic E-state index is -0.617. The Morgan fingerprint density at radius 1 is 1.11 bits per heavy atom. The van der Waals surface area contributed by atoms with Gasteiger partial charge in [0.15, 0.2) is 0 Å². The Balaban J connectivity index is 1.68. The van der Waals surface area contributed by atoms with Crippen LogP contribution in [-0.4, -0.2) is 33.4 Å². The highest BCUT2D eigenvalue weighted by Gasteiger charge is 2.20. The van der Waals surface area contributed by atoms with Crippen molar-refractivity contribution in [1.29, 1.82) is 5.41 Å². The molecule has 4 rings (SSSR count). The summed E-state index contributed by atoms with van der Waals surface area (Å²) in [4.78, 5) is 28.5. The molecule has 0 atom stereocenters. The number of aryl methyl sites for hydroxylation is 1. The number of nitrogens with zero attached hydrogens (tertiary/aromatic N) is 1. The summed E-state index contributed by atoms with van der Waals surface area (Å²) < 4.78 is 19.7. The average Bonchev–Trinajstić information content (AvgIpc) is 3.16. The number of aromatic amines is 1. The maximum atomic E-state index is 13.4. The number of aromatic hydroxyl groups is 1. The van der Waals surface area contributed by atoms with Gasteiger partial charge in [-0.2, -0.15) is 0 Å². The van der Waals surface area contributed by atoms with Crippen molar-refractivity contribution in [3.63, 3.8) is 0 Å². The number of benzene rings is 3. The lowest BCUT2D eigenvalue weighted by molar-refractivity contribution is -0.112. The van der Waals surface area contributed by atoms with Crippen molar-refractivity contribution in [3.8, 4) is 11.6 Å². The summed E-state index contributed by atoms with van der Waals surface area (Å²) in [5.74, 6) is -0.777. The zero-order chi connectivity index (χ0) is 27.2. The van der Waals surface area contributed by atoms with Crippen molar-refractivity contribution in [1.82, 2.24) is 9.55 Å². The van der Waals surface area contributed by atoms with Crippen molar-refractivity contribution >= 4 is 23.4 Å². The third-order valence-electron chi connectivity index (χ3n) is 5.91. The average molecular weight is 515 g/mol.